The van der Waals surface area contributed by atoms with E-state index < -0.39 is 0 Å². The molecule has 0 radical (unpaired) electrons. The van der Waals surface area contributed by atoms with Gasteiger partial charge in [-0.1, -0.05) is 340 Å². The molecule has 0 heterocycles. The Hall–Kier alpha value is -13.3. The molecule has 0 heteroatoms. The zero-order valence-electron chi connectivity index (χ0n) is 56.0. The normalized spacial score (nSPS) is 11.7. The largest absolute Gasteiger partial charge is 0.0616 e. The Morgan fingerprint density at radius 1 is 0.0980 bits per heavy atom. The number of fused-ring (bicyclic) bond motifs is 9. The van der Waals surface area contributed by atoms with Crippen LogP contribution in [0.25, 0.3) is 208 Å². The first-order valence-corrected chi connectivity index (χ1v) is 35.4. The van der Waals surface area contributed by atoms with Gasteiger partial charge in [0.25, 0.3) is 0 Å². The van der Waals surface area contributed by atoms with Crippen molar-refractivity contribution < 1.29 is 0 Å². The zero-order valence-corrected chi connectivity index (χ0v) is 56.0. The molecule has 0 atom stereocenters. The van der Waals surface area contributed by atoms with Gasteiger partial charge in [0.1, 0.15) is 0 Å². The van der Waals surface area contributed by atoms with Crippen molar-refractivity contribution >= 4 is 97.0 Å². The van der Waals surface area contributed by atoms with Gasteiger partial charge in [0.05, 0.1) is 0 Å². The Kier molecular flexibility index (Phi) is 14.0. The van der Waals surface area contributed by atoms with Crippen LogP contribution in [0, 0.1) is 0 Å². The fourth-order valence-electron chi connectivity index (χ4n) is 16.9. The average molecular weight is 1290 g/mol. The molecule has 20 aromatic carbocycles. The van der Waals surface area contributed by atoms with Crippen LogP contribution in [0.15, 0.2) is 388 Å². The maximum atomic E-state index is 2.49. The van der Waals surface area contributed by atoms with E-state index in [0.717, 1.165) is 22.3 Å². The SMILES string of the molecule is c1cc(-c2cc(-c3c(-c4cccc5ccccc45)ccc4ccc(-c5cccc6ccccc56)cc34)cc(-c3ccc(-c4c5ccccc5c(-c5cc(-c6cccc7ccccc67)cc(-c6cccc7ccccc67)c5)c5ccccc45)c4ccccc34)c2)cc(-c2cccc3ccccc23)c1. The molecule has 0 bridgehead atoms. The van der Waals surface area contributed by atoms with Gasteiger partial charge in [0.15, 0.2) is 0 Å². The zero-order chi connectivity index (χ0) is 67.2. The molecule has 0 aromatic heterocycles. The van der Waals surface area contributed by atoms with Crippen LogP contribution in [-0.2, 0) is 0 Å². The summed E-state index contributed by atoms with van der Waals surface area (Å²) in [6.07, 6.45) is 0. The van der Waals surface area contributed by atoms with Gasteiger partial charge in [-0.2, -0.15) is 0 Å². The van der Waals surface area contributed by atoms with Crippen molar-refractivity contribution in [2.45, 2.75) is 0 Å². The molecule has 0 aliphatic carbocycles. The lowest BCUT2D eigenvalue weighted by molar-refractivity contribution is 1.57. The predicted octanol–water partition coefficient (Wildman–Crippen LogP) is 28.7. The van der Waals surface area contributed by atoms with Gasteiger partial charge >= 0.3 is 0 Å². The second kappa shape index (κ2) is 24.3. The molecule has 0 nitrogen and oxygen atoms in total. The highest BCUT2D eigenvalue weighted by Gasteiger charge is 2.24. The van der Waals surface area contributed by atoms with Crippen LogP contribution in [0.4, 0.5) is 0 Å². The molecule has 0 aliphatic heterocycles. The van der Waals surface area contributed by atoms with Crippen molar-refractivity contribution in [1.82, 2.24) is 0 Å². The molecule has 0 saturated carbocycles. The first-order chi connectivity index (χ1) is 50.6. The standard InChI is InChI=1S/C102H64/c1-6-35-80-65(23-1)28-18-46-85(80)72-34-17-33-71(57-72)74-58-75(61-78(59-74)101-97(91-50-22-32-69-27-5-10-39-84(69)91)54-53-70-51-52-73(64-99(70)101)86-47-19-29-66-24-2-7-36-81(66)86)89-55-56-98(92-41-12-11-40-90(89)92)102-95-44-15-13-42-93(95)100(94-43-14-16-45-96(94)102)79-62-76(87-48-20-30-67-25-3-8-37-82(67)87)60-77(63-79)88-49-21-31-68-26-4-9-38-83(68)88/h1-64H. The molecule has 0 amide bonds. The highest BCUT2D eigenvalue weighted by molar-refractivity contribution is 6.25. The Labute approximate surface area is 592 Å². The summed E-state index contributed by atoms with van der Waals surface area (Å²) in [5.74, 6) is 0. The number of hydrogen-bond donors (Lipinski definition) is 0. The van der Waals surface area contributed by atoms with Crippen molar-refractivity contribution in [3.63, 3.8) is 0 Å². The Balaban J connectivity index is 0.826. The third-order valence-corrected chi connectivity index (χ3v) is 21.6. The van der Waals surface area contributed by atoms with E-state index in [9.17, 15) is 0 Å². The highest BCUT2D eigenvalue weighted by Crippen LogP contribution is 2.51. The van der Waals surface area contributed by atoms with E-state index >= 15 is 0 Å². The molecule has 0 aliphatic rings. The van der Waals surface area contributed by atoms with Crippen LogP contribution in [0.2, 0.25) is 0 Å². The van der Waals surface area contributed by atoms with Gasteiger partial charge in [0, 0.05) is 0 Å². The topological polar surface area (TPSA) is 0 Å². The summed E-state index contributed by atoms with van der Waals surface area (Å²) >= 11 is 0. The molecular formula is C102H64. The Morgan fingerprint density at radius 3 is 0.863 bits per heavy atom. The minimum Gasteiger partial charge on any atom is -0.0616 e. The van der Waals surface area contributed by atoms with Crippen molar-refractivity contribution in [2.75, 3.05) is 0 Å². The monoisotopic (exact) mass is 1290 g/mol. The van der Waals surface area contributed by atoms with E-state index in [4.69, 9.17) is 0 Å². The molecule has 102 heavy (non-hydrogen) atoms. The fourth-order valence-corrected chi connectivity index (χ4v) is 16.9. The Bertz CT molecular complexity index is 6630. The summed E-state index contributed by atoms with van der Waals surface area (Å²) in [7, 11) is 0. The van der Waals surface area contributed by atoms with Crippen LogP contribution < -0.4 is 0 Å². The molecule has 0 spiro atoms. The van der Waals surface area contributed by atoms with Gasteiger partial charge in [-0.3, -0.25) is 0 Å². The molecule has 20 aromatic rings. The van der Waals surface area contributed by atoms with Crippen LogP contribution >= 0.6 is 0 Å². The minimum absolute atomic E-state index is 1.14. The van der Waals surface area contributed by atoms with E-state index in [1.165, 1.54) is 186 Å². The van der Waals surface area contributed by atoms with Gasteiger partial charge < -0.3 is 0 Å². The average Bonchev–Trinajstić information content (AvgIpc) is 0.749. The Morgan fingerprint density at radius 2 is 0.373 bits per heavy atom. The van der Waals surface area contributed by atoms with Crippen molar-refractivity contribution in [1.29, 1.82) is 0 Å². The third kappa shape index (κ3) is 9.90. The second-order valence-electron chi connectivity index (χ2n) is 27.3. The quantitative estimate of drug-likeness (QED) is 0.120. The molecular weight excluding hydrogens is 1230 g/mol. The first-order valence-electron chi connectivity index (χ1n) is 35.4. The van der Waals surface area contributed by atoms with Gasteiger partial charge in [-0.15, -0.1) is 0 Å². The number of benzene rings is 20. The van der Waals surface area contributed by atoms with Crippen LogP contribution in [0.1, 0.15) is 0 Å². The summed E-state index contributed by atoms with van der Waals surface area (Å²) < 4.78 is 0. The van der Waals surface area contributed by atoms with Crippen molar-refractivity contribution in [2.24, 2.45) is 0 Å². The lowest BCUT2D eigenvalue weighted by Crippen LogP contribution is -1.94. The molecule has 472 valence electrons. The lowest BCUT2D eigenvalue weighted by atomic mass is 9.82. The molecule has 0 saturated heterocycles. The maximum Gasteiger partial charge on any atom is -0.00201 e. The van der Waals surface area contributed by atoms with Crippen LogP contribution in [0.3, 0.4) is 0 Å². The lowest BCUT2D eigenvalue weighted by Gasteiger charge is -2.21. The van der Waals surface area contributed by atoms with Gasteiger partial charge in [-0.25, -0.2) is 0 Å². The summed E-state index contributed by atoms with van der Waals surface area (Å²) in [6, 6.07) is 146. The maximum absolute atomic E-state index is 2.49. The summed E-state index contributed by atoms with van der Waals surface area (Å²) in [4.78, 5) is 0. The molecule has 0 unspecified atom stereocenters. The smallest absolute Gasteiger partial charge is 0.00201 e. The fraction of sp³-hybridized carbons (Fsp3) is 0. The van der Waals surface area contributed by atoms with E-state index in [2.05, 4.69) is 388 Å². The second-order valence-corrected chi connectivity index (χ2v) is 27.3. The summed E-state index contributed by atoms with van der Waals surface area (Å²) in [5, 5.41) is 21.9. The van der Waals surface area contributed by atoms with E-state index in [1.54, 1.807) is 0 Å². The van der Waals surface area contributed by atoms with E-state index in [0.29, 0.717) is 0 Å². The molecule has 20 rings (SSSR count). The van der Waals surface area contributed by atoms with Crippen molar-refractivity contribution in [3.8, 4) is 111 Å². The highest BCUT2D eigenvalue weighted by atomic mass is 14.3. The summed E-state index contributed by atoms with van der Waals surface area (Å²) in [5.41, 5.74) is 23.8. The summed E-state index contributed by atoms with van der Waals surface area (Å²) in [6.45, 7) is 0. The van der Waals surface area contributed by atoms with Gasteiger partial charge in [0.2, 0.25) is 0 Å². The third-order valence-electron chi connectivity index (χ3n) is 21.6. The minimum atomic E-state index is 1.14. The van der Waals surface area contributed by atoms with Gasteiger partial charge in [-0.05, 0) is 257 Å². The van der Waals surface area contributed by atoms with Crippen LogP contribution in [-0.4, -0.2) is 0 Å². The molecule has 0 N–H and O–H groups in total. The van der Waals surface area contributed by atoms with Crippen molar-refractivity contribution in [3.05, 3.63) is 388 Å². The number of rotatable bonds is 10. The number of hydrogen-bond acceptors (Lipinski definition) is 0. The van der Waals surface area contributed by atoms with E-state index in [1.807, 2.05) is 0 Å². The van der Waals surface area contributed by atoms with Crippen LogP contribution in [0.5, 0.6) is 0 Å². The first kappa shape index (κ1) is 58.9. The molecule has 0 fully saturated rings. The predicted molar refractivity (Wildman–Crippen MR) is 438 cm³/mol. The van der Waals surface area contributed by atoms with E-state index in [-0.39, 0.29) is 0 Å².